The summed E-state index contributed by atoms with van der Waals surface area (Å²) in [7, 11) is 0. The van der Waals surface area contributed by atoms with Crippen molar-refractivity contribution >= 4 is 18.1 Å². The zero-order valence-corrected chi connectivity index (χ0v) is 12.1. The number of carbonyl (C=O) groups is 2. The molecule has 0 radical (unpaired) electrons. The van der Waals surface area contributed by atoms with Gasteiger partial charge in [0.2, 0.25) is 6.41 Å². The molecule has 0 saturated carbocycles. The topological polar surface area (TPSA) is 66.8 Å². The third-order valence-corrected chi connectivity index (χ3v) is 3.30. The lowest BCUT2D eigenvalue weighted by Crippen LogP contribution is -2.44. The van der Waals surface area contributed by atoms with Crippen molar-refractivity contribution in [3.05, 3.63) is 24.3 Å². The van der Waals surface area contributed by atoms with E-state index in [1.807, 2.05) is 20.8 Å². The first kappa shape index (κ1) is 16.0. The molecule has 1 aromatic carbocycles. The number of anilines is 1. The molecular weight excluding hydrogens is 258 g/mol. The molecule has 5 heteroatoms. The number of nitrogens with zero attached hydrogens (tertiary/aromatic N) is 1. The summed E-state index contributed by atoms with van der Waals surface area (Å²) in [4.78, 5) is 24.0. The number of carbonyl (C=O) groups excluding carboxylic acids is 1. The number of hydrogen-bond acceptors (Lipinski definition) is 3. The number of carboxylic acid groups (broad SMARTS) is 1. The van der Waals surface area contributed by atoms with Gasteiger partial charge in [0.05, 0.1) is 6.61 Å². The third kappa shape index (κ3) is 3.73. The van der Waals surface area contributed by atoms with E-state index >= 15 is 0 Å². The summed E-state index contributed by atoms with van der Waals surface area (Å²) in [5, 5.41) is 9.35. The van der Waals surface area contributed by atoms with Gasteiger partial charge >= 0.3 is 5.97 Å². The van der Waals surface area contributed by atoms with Crippen LogP contribution in [0.15, 0.2) is 24.3 Å². The van der Waals surface area contributed by atoms with Crippen LogP contribution in [0.3, 0.4) is 0 Å². The number of amides is 1. The molecule has 0 aliphatic rings. The minimum atomic E-state index is -1.000. The Morgan fingerprint density at radius 1 is 1.35 bits per heavy atom. The van der Waals surface area contributed by atoms with Crippen LogP contribution >= 0.6 is 0 Å². The monoisotopic (exact) mass is 279 g/mol. The molecule has 0 aromatic heterocycles. The maximum atomic E-state index is 11.4. The van der Waals surface area contributed by atoms with E-state index in [1.54, 1.807) is 24.3 Å². The van der Waals surface area contributed by atoms with Crippen LogP contribution in [0.25, 0.3) is 0 Å². The molecule has 0 spiro atoms. The number of rotatable bonds is 8. The fourth-order valence-electron chi connectivity index (χ4n) is 2.03. The molecule has 0 aliphatic heterocycles. The van der Waals surface area contributed by atoms with E-state index in [2.05, 4.69) is 0 Å². The van der Waals surface area contributed by atoms with Gasteiger partial charge in [-0.2, -0.15) is 0 Å². The van der Waals surface area contributed by atoms with Crippen LogP contribution in [0.1, 0.15) is 27.2 Å². The van der Waals surface area contributed by atoms with Gasteiger partial charge in [0.15, 0.2) is 0 Å². The maximum absolute atomic E-state index is 11.4. The Morgan fingerprint density at radius 3 is 2.35 bits per heavy atom. The Bertz CT molecular complexity index is 444. The van der Waals surface area contributed by atoms with Crippen molar-refractivity contribution in [3.8, 4) is 5.75 Å². The van der Waals surface area contributed by atoms with Gasteiger partial charge in [-0.25, -0.2) is 4.79 Å². The van der Waals surface area contributed by atoms with Crippen molar-refractivity contribution in [2.45, 2.75) is 33.2 Å². The molecule has 110 valence electrons. The van der Waals surface area contributed by atoms with E-state index in [9.17, 15) is 14.7 Å². The fraction of sp³-hybridized carbons (Fsp3) is 0.467. The maximum Gasteiger partial charge on any atom is 0.327 e. The second kappa shape index (κ2) is 7.53. The highest BCUT2D eigenvalue weighted by molar-refractivity contribution is 5.88. The lowest BCUT2D eigenvalue weighted by Gasteiger charge is -2.29. The van der Waals surface area contributed by atoms with Crippen molar-refractivity contribution in [2.75, 3.05) is 11.5 Å². The van der Waals surface area contributed by atoms with Crippen molar-refractivity contribution < 1.29 is 19.4 Å². The van der Waals surface area contributed by atoms with Crippen molar-refractivity contribution in [2.24, 2.45) is 5.92 Å². The van der Waals surface area contributed by atoms with Crippen molar-refractivity contribution in [3.63, 3.8) is 0 Å². The Hall–Kier alpha value is -2.04. The predicted octanol–water partition coefficient (Wildman–Crippen LogP) is 2.55. The van der Waals surface area contributed by atoms with E-state index < -0.39 is 12.0 Å². The largest absolute Gasteiger partial charge is 0.494 e. The van der Waals surface area contributed by atoms with Crippen LogP contribution in [0.2, 0.25) is 0 Å². The molecular formula is C15H21NO4. The van der Waals surface area contributed by atoms with E-state index in [1.165, 1.54) is 4.90 Å². The van der Waals surface area contributed by atoms with Crippen LogP contribution in [0.5, 0.6) is 5.75 Å². The van der Waals surface area contributed by atoms with Gasteiger partial charge in [-0.3, -0.25) is 4.79 Å². The van der Waals surface area contributed by atoms with E-state index in [4.69, 9.17) is 4.74 Å². The molecule has 20 heavy (non-hydrogen) atoms. The van der Waals surface area contributed by atoms with Crippen LogP contribution in [-0.2, 0) is 9.59 Å². The minimum absolute atomic E-state index is 0.135. The smallest absolute Gasteiger partial charge is 0.327 e. The SMILES string of the molecule is CCOc1ccc(N(C=O)C(C(=O)O)C(C)CC)cc1. The lowest BCUT2D eigenvalue weighted by atomic mass is 9.97. The van der Waals surface area contributed by atoms with E-state index in [0.717, 1.165) is 0 Å². The van der Waals surface area contributed by atoms with Gasteiger partial charge in [-0.1, -0.05) is 20.3 Å². The van der Waals surface area contributed by atoms with Crippen LogP contribution < -0.4 is 9.64 Å². The summed E-state index contributed by atoms with van der Waals surface area (Å²) in [5.41, 5.74) is 0.552. The van der Waals surface area contributed by atoms with Gasteiger partial charge in [-0.05, 0) is 37.1 Å². The summed E-state index contributed by atoms with van der Waals surface area (Å²) >= 11 is 0. The molecule has 0 saturated heterocycles. The average molecular weight is 279 g/mol. The van der Waals surface area contributed by atoms with E-state index in [0.29, 0.717) is 30.9 Å². The quantitative estimate of drug-likeness (QED) is 0.743. The van der Waals surface area contributed by atoms with Crippen molar-refractivity contribution in [1.82, 2.24) is 0 Å². The zero-order valence-electron chi connectivity index (χ0n) is 12.1. The number of benzene rings is 1. The van der Waals surface area contributed by atoms with Gasteiger partial charge < -0.3 is 14.7 Å². The minimum Gasteiger partial charge on any atom is -0.494 e. The van der Waals surface area contributed by atoms with Gasteiger partial charge in [0.25, 0.3) is 0 Å². The Balaban J connectivity index is 3.03. The lowest BCUT2D eigenvalue weighted by molar-refractivity contribution is -0.140. The number of carboxylic acids is 1. The van der Waals surface area contributed by atoms with Gasteiger partial charge in [0, 0.05) is 5.69 Å². The molecule has 0 fully saturated rings. The highest BCUT2D eigenvalue weighted by Gasteiger charge is 2.30. The summed E-state index contributed by atoms with van der Waals surface area (Å²) in [6, 6.07) is 5.97. The van der Waals surface area contributed by atoms with Crippen LogP contribution in [0, 0.1) is 5.92 Å². The molecule has 0 bridgehead atoms. The first-order valence-electron chi connectivity index (χ1n) is 6.74. The van der Waals surface area contributed by atoms with Crippen molar-refractivity contribution in [1.29, 1.82) is 0 Å². The highest BCUT2D eigenvalue weighted by Crippen LogP contribution is 2.24. The first-order chi connectivity index (χ1) is 9.54. The fourth-order valence-corrected chi connectivity index (χ4v) is 2.03. The predicted molar refractivity (Wildman–Crippen MR) is 77.0 cm³/mol. The number of ether oxygens (including phenoxy) is 1. The molecule has 1 aromatic rings. The molecule has 1 N–H and O–H groups in total. The highest BCUT2D eigenvalue weighted by atomic mass is 16.5. The van der Waals surface area contributed by atoms with Crippen LogP contribution in [-0.4, -0.2) is 30.1 Å². The Kier molecular flexibility index (Phi) is 6.03. The molecule has 1 amide bonds. The summed E-state index contributed by atoms with van der Waals surface area (Å²) in [6.07, 6.45) is 1.25. The second-order valence-corrected chi connectivity index (χ2v) is 4.61. The zero-order chi connectivity index (χ0) is 15.1. The molecule has 5 nitrogen and oxygen atoms in total. The van der Waals surface area contributed by atoms with E-state index in [-0.39, 0.29) is 5.92 Å². The molecule has 2 unspecified atom stereocenters. The average Bonchev–Trinajstić information content (AvgIpc) is 2.45. The normalized spacial score (nSPS) is 13.3. The molecule has 1 rings (SSSR count). The Morgan fingerprint density at radius 2 is 1.95 bits per heavy atom. The molecule has 0 aliphatic carbocycles. The molecule has 0 heterocycles. The van der Waals surface area contributed by atoms with Crippen LogP contribution in [0.4, 0.5) is 5.69 Å². The first-order valence-corrected chi connectivity index (χ1v) is 6.74. The number of aliphatic carboxylic acids is 1. The summed E-state index contributed by atoms with van der Waals surface area (Å²) in [6.45, 7) is 6.17. The summed E-state index contributed by atoms with van der Waals surface area (Å²) < 4.78 is 5.33. The summed E-state index contributed by atoms with van der Waals surface area (Å²) in [5.74, 6) is -0.442. The second-order valence-electron chi connectivity index (χ2n) is 4.61. The standard InChI is InChI=1S/C15H21NO4/c1-4-11(3)14(15(18)19)16(10-17)12-6-8-13(9-7-12)20-5-2/h6-11,14H,4-5H2,1-3H3,(H,18,19). The Labute approximate surface area is 119 Å². The number of hydrogen-bond donors (Lipinski definition) is 1. The third-order valence-electron chi connectivity index (χ3n) is 3.30. The van der Waals surface area contributed by atoms with Gasteiger partial charge in [-0.15, -0.1) is 0 Å². The molecule has 2 atom stereocenters. The van der Waals surface area contributed by atoms with Gasteiger partial charge in [0.1, 0.15) is 11.8 Å².